The zero-order valence-electron chi connectivity index (χ0n) is 11.0. The van der Waals surface area contributed by atoms with E-state index < -0.39 is 0 Å². The minimum atomic E-state index is 0.544. The molecule has 18 heavy (non-hydrogen) atoms. The third kappa shape index (κ3) is 3.20. The fourth-order valence-electron chi connectivity index (χ4n) is 1.81. The van der Waals surface area contributed by atoms with Gasteiger partial charge in [0.15, 0.2) is 0 Å². The van der Waals surface area contributed by atoms with Gasteiger partial charge < -0.3 is 10.1 Å². The molecule has 0 radical (unpaired) electrons. The van der Waals surface area contributed by atoms with Crippen molar-refractivity contribution in [3.05, 3.63) is 36.5 Å². The number of benzene rings is 1. The number of hydrogen-bond acceptors (Lipinski definition) is 3. The molecule has 1 heterocycles. The first kappa shape index (κ1) is 12.8. The lowest BCUT2D eigenvalue weighted by atomic mass is 10.2. The average Bonchev–Trinajstić information content (AvgIpc) is 2.43. The molecule has 1 N–H and O–H groups in total. The molecule has 0 spiro atoms. The van der Waals surface area contributed by atoms with E-state index in [1.807, 2.05) is 30.3 Å². The van der Waals surface area contributed by atoms with Crippen LogP contribution in [-0.2, 0) is 0 Å². The van der Waals surface area contributed by atoms with Crippen LogP contribution in [-0.4, -0.2) is 24.2 Å². The Kier molecular flexibility index (Phi) is 4.53. The molecular weight excluding hydrogens is 224 g/mol. The summed E-state index contributed by atoms with van der Waals surface area (Å²) in [5, 5.41) is 4.48. The number of nitrogens with zero attached hydrogens (tertiary/aromatic N) is 1. The summed E-state index contributed by atoms with van der Waals surface area (Å²) < 4.78 is 5.81. The molecule has 0 saturated carbocycles. The maximum atomic E-state index is 5.81. The van der Waals surface area contributed by atoms with Gasteiger partial charge in [-0.1, -0.05) is 13.0 Å². The quantitative estimate of drug-likeness (QED) is 0.793. The number of rotatable bonds is 6. The number of hydrogen-bond donors (Lipinski definition) is 1. The van der Waals surface area contributed by atoms with Crippen molar-refractivity contribution in [3.8, 4) is 5.75 Å². The van der Waals surface area contributed by atoms with Gasteiger partial charge in [-0.3, -0.25) is 4.98 Å². The highest BCUT2D eigenvalue weighted by Crippen LogP contribution is 2.23. The highest BCUT2D eigenvalue weighted by molar-refractivity contribution is 5.84. The van der Waals surface area contributed by atoms with Crippen LogP contribution in [0.5, 0.6) is 5.75 Å². The van der Waals surface area contributed by atoms with E-state index in [0.717, 1.165) is 29.6 Å². The molecule has 3 nitrogen and oxygen atoms in total. The standard InChI is InChI=1S/C15H20N2O/c1-3-12(2)16-10-11-18-15-8-4-7-14-13(15)6-5-9-17-14/h4-9,12,16H,3,10-11H2,1-2H3. The van der Waals surface area contributed by atoms with Gasteiger partial charge in [0.1, 0.15) is 12.4 Å². The van der Waals surface area contributed by atoms with Gasteiger partial charge in [0.2, 0.25) is 0 Å². The number of fused-ring (bicyclic) bond motifs is 1. The van der Waals surface area contributed by atoms with Crippen molar-refractivity contribution < 1.29 is 4.74 Å². The van der Waals surface area contributed by atoms with Crippen molar-refractivity contribution in [1.82, 2.24) is 10.3 Å². The summed E-state index contributed by atoms with van der Waals surface area (Å²) in [5.74, 6) is 0.909. The fraction of sp³-hybridized carbons (Fsp3) is 0.400. The number of aromatic nitrogens is 1. The smallest absolute Gasteiger partial charge is 0.128 e. The van der Waals surface area contributed by atoms with Crippen LogP contribution in [0.15, 0.2) is 36.5 Å². The van der Waals surface area contributed by atoms with Gasteiger partial charge in [0, 0.05) is 24.2 Å². The molecule has 0 bridgehead atoms. The molecule has 1 aromatic heterocycles. The van der Waals surface area contributed by atoms with E-state index in [9.17, 15) is 0 Å². The highest BCUT2D eigenvalue weighted by atomic mass is 16.5. The van der Waals surface area contributed by atoms with E-state index in [2.05, 4.69) is 24.1 Å². The summed E-state index contributed by atoms with van der Waals surface area (Å²) in [4.78, 5) is 4.32. The third-order valence-corrected chi connectivity index (χ3v) is 3.07. The lowest BCUT2D eigenvalue weighted by Crippen LogP contribution is -2.29. The monoisotopic (exact) mass is 244 g/mol. The molecule has 96 valence electrons. The Hall–Kier alpha value is -1.61. The molecule has 1 aromatic carbocycles. The molecule has 0 aliphatic carbocycles. The molecule has 3 heteroatoms. The van der Waals surface area contributed by atoms with Gasteiger partial charge in [-0.25, -0.2) is 0 Å². The summed E-state index contributed by atoms with van der Waals surface area (Å²) in [6.45, 7) is 5.90. The van der Waals surface area contributed by atoms with E-state index in [0.29, 0.717) is 12.6 Å². The molecule has 2 aromatic rings. The Bertz CT molecular complexity index is 493. The fourth-order valence-corrected chi connectivity index (χ4v) is 1.81. The summed E-state index contributed by atoms with van der Waals surface area (Å²) in [6, 6.07) is 10.5. The summed E-state index contributed by atoms with van der Waals surface area (Å²) in [7, 11) is 0. The number of pyridine rings is 1. The number of ether oxygens (including phenoxy) is 1. The van der Waals surface area contributed by atoms with Crippen molar-refractivity contribution in [2.75, 3.05) is 13.2 Å². The van der Waals surface area contributed by atoms with Gasteiger partial charge in [-0.05, 0) is 37.6 Å². The first-order valence-electron chi connectivity index (χ1n) is 6.51. The Morgan fingerprint density at radius 3 is 3.00 bits per heavy atom. The predicted molar refractivity (Wildman–Crippen MR) is 75.0 cm³/mol. The van der Waals surface area contributed by atoms with E-state index in [1.165, 1.54) is 0 Å². The molecule has 0 fully saturated rings. The Balaban J connectivity index is 1.95. The van der Waals surface area contributed by atoms with E-state index in [1.54, 1.807) is 6.20 Å². The van der Waals surface area contributed by atoms with Crippen molar-refractivity contribution in [3.63, 3.8) is 0 Å². The molecule has 1 unspecified atom stereocenters. The van der Waals surface area contributed by atoms with Crippen LogP contribution in [0.1, 0.15) is 20.3 Å². The van der Waals surface area contributed by atoms with Crippen LogP contribution in [0.2, 0.25) is 0 Å². The first-order valence-corrected chi connectivity index (χ1v) is 6.51. The summed E-state index contributed by atoms with van der Waals surface area (Å²) in [6.07, 6.45) is 2.94. The van der Waals surface area contributed by atoms with Crippen molar-refractivity contribution >= 4 is 10.9 Å². The number of nitrogens with one attached hydrogen (secondary N) is 1. The molecule has 0 aliphatic rings. The highest BCUT2D eigenvalue weighted by Gasteiger charge is 2.02. The van der Waals surface area contributed by atoms with Crippen molar-refractivity contribution in [2.24, 2.45) is 0 Å². The van der Waals surface area contributed by atoms with Gasteiger partial charge >= 0.3 is 0 Å². The van der Waals surface area contributed by atoms with Crippen molar-refractivity contribution in [2.45, 2.75) is 26.3 Å². The zero-order chi connectivity index (χ0) is 12.8. The second kappa shape index (κ2) is 6.36. The topological polar surface area (TPSA) is 34.1 Å². The van der Waals surface area contributed by atoms with Crippen LogP contribution in [0, 0.1) is 0 Å². The molecule has 0 saturated heterocycles. The maximum absolute atomic E-state index is 5.81. The van der Waals surface area contributed by atoms with Crippen molar-refractivity contribution in [1.29, 1.82) is 0 Å². The second-order valence-corrected chi connectivity index (χ2v) is 4.44. The molecule has 0 aliphatic heterocycles. The lowest BCUT2D eigenvalue weighted by molar-refractivity contribution is 0.309. The van der Waals surface area contributed by atoms with Crippen LogP contribution in [0.3, 0.4) is 0 Å². The summed E-state index contributed by atoms with van der Waals surface area (Å²) in [5.41, 5.74) is 0.977. The van der Waals surface area contributed by atoms with E-state index in [-0.39, 0.29) is 0 Å². The molecule has 0 amide bonds. The molecular formula is C15H20N2O. The zero-order valence-corrected chi connectivity index (χ0v) is 11.0. The minimum Gasteiger partial charge on any atom is -0.492 e. The normalized spacial score (nSPS) is 12.6. The van der Waals surface area contributed by atoms with E-state index >= 15 is 0 Å². The van der Waals surface area contributed by atoms with Gasteiger partial charge in [-0.2, -0.15) is 0 Å². The largest absolute Gasteiger partial charge is 0.492 e. The lowest BCUT2D eigenvalue weighted by Gasteiger charge is -2.12. The average molecular weight is 244 g/mol. The predicted octanol–water partition coefficient (Wildman–Crippen LogP) is 3.00. The second-order valence-electron chi connectivity index (χ2n) is 4.44. The van der Waals surface area contributed by atoms with E-state index in [4.69, 9.17) is 4.74 Å². The minimum absolute atomic E-state index is 0.544. The van der Waals surface area contributed by atoms with Gasteiger partial charge in [0.25, 0.3) is 0 Å². The molecule has 1 atom stereocenters. The molecule has 2 rings (SSSR count). The Labute approximate surface area is 108 Å². The SMILES string of the molecule is CCC(C)NCCOc1cccc2ncccc12. The first-order chi connectivity index (χ1) is 8.81. The maximum Gasteiger partial charge on any atom is 0.128 e. The summed E-state index contributed by atoms with van der Waals surface area (Å²) >= 11 is 0. The van der Waals surface area contributed by atoms with Crippen LogP contribution in [0.25, 0.3) is 10.9 Å². The van der Waals surface area contributed by atoms with Gasteiger partial charge in [-0.15, -0.1) is 0 Å². The van der Waals surface area contributed by atoms with Crippen LogP contribution < -0.4 is 10.1 Å². The van der Waals surface area contributed by atoms with Gasteiger partial charge in [0.05, 0.1) is 5.52 Å². The Morgan fingerprint density at radius 2 is 2.17 bits per heavy atom. The van der Waals surface area contributed by atoms with Crippen LogP contribution >= 0.6 is 0 Å². The third-order valence-electron chi connectivity index (χ3n) is 3.07. The van der Waals surface area contributed by atoms with Crippen LogP contribution in [0.4, 0.5) is 0 Å². The Morgan fingerprint density at radius 1 is 1.28 bits per heavy atom.